The summed E-state index contributed by atoms with van der Waals surface area (Å²) in [5.74, 6) is 0. The highest BCUT2D eigenvalue weighted by Gasteiger charge is 2.22. The topological polar surface area (TPSA) is 57.4 Å². The van der Waals surface area contributed by atoms with E-state index in [1.54, 1.807) is 19.0 Å². The van der Waals surface area contributed by atoms with Gasteiger partial charge in [-0.25, -0.2) is 4.79 Å². The second kappa shape index (κ2) is 5.77. The molecular weight excluding hydrogens is 266 g/mol. The Balaban J connectivity index is 2.20. The molecular formula is C16H21N3O2. The molecule has 21 heavy (non-hydrogen) atoms. The first-order valence-corrected chi connectivity index (χ1v) is 6.38. The van der Waals surface area contributed by atoms with E-state index in [1.165, 1.54) is 24.4 Å². The van der Waals surface area contributed by atoms with Crippen molar-refractivity contribution in [3.63, 3.8) is 0 Å². The van der Waals surface area contributed by atoms with Crippen LogP contribution in [0.25, 0.3) is 10.9 Å². The first-order valence-electron chi connectivity index (χ1n) is 10.8. The van der Waals surface area contributed by atoms with Crippen LogP contribution in [0.2, 0.25) is 2.82 Å². The Morgan fingerprint density at radius 1 is 1.62 bits per heavy atom. The predicted octanol–water partition coefficient (Wildman–Crippen LogP) is 1.92. The van der Waals surface area contributed by atoms with Crippen molar-refractivity contribution in [2.24, 2.45) is 0 Å². The molecule has 0 unspecified atom stereocenters. The number of cyclic esters (lactones) is 1. The van der Waals surface area contributed by atoms with Crippen molar-refractivity contribution >= 4 is 17.0 Å². The number of likely N-dealkylation sites (N-methyl/N-ethyl adjacent to an activating group) is 1. The van der Waals surface area contributed by atoms with Crippen molar-refractivity contribution < 1.29 is 22.0 Å². The molecule has 2 N–H and O–H groups in total. The molecule has 0 saturated carbocycles. The van der Waals surface area contributed by atoms with Crippen LogP contribution in [0, 0.1) is 0 Å². The lowest BCUT2D eigenvalue weighted by Gasteiger charge is -2.09. The Morgan fingerprint density at radius 2 is 2.48 bits per heavy atom. The minimum atomic E-state index is -3.12. The van der Waals surface area contributed by atoms with Gasteiger partial charge in [-0.15, -0.1) is 0 Å². The number of nitrogens with zero attached hydrogens (tertiary/aromatic N) is 1. The van der Waals surface area contributed by atoms with Gasteiger partial charge in [0, 0.05) is 29.1 Å². The van der Waals surface area contributed by atoms with E-state index in [0.717, 1.165) is 4.98 Å². The van der Waals surface area contributed by atoms with Gasteiger partial charge in [-0.05, 0) is 50.1 Å². The van der Waals surface area contributed by atoms with E-state index in [4.69, 9.17) is 12.4 Å². The fourth-order valence-corrected chi connectivity index (χ4v) is 1.95. The third kappa shape index (κ3) is 3.19. The van der Waals surface area contributed by atoms with Crippen molar-refractivity contribution in [2.45, 2.75) is 18.8 Å². The van der Waals surface area contributed by atoms with Crippen LogP contribution in [0.3, 0.4) is 0 Å². The summed E-state index contributed by atoms with van der Waals surface area (Å²) >= 11 is 0. The number of amides is 1. The number of hydrogen-bond acceptors (Lipinski definition) is 3. The summed E-state index contributed by atoms with van der Waals surface area (Å²) in [4.78, 5) is 14.3. The quantitative estimate of drug-likeness (QED) is 0.886. The molecule has 1 aliphatic rings. The number of carbonyl (C=O) groups is 1. The number of aromatic nitrogens is 1. The van der Waals surface area contributed by atoms with Gasteiger partial charge in [-0.2, -0.15) is 0 Å². The Labute approximate surface area is 137 Å². The summed E-state index contributed by atoms with van der Waals surface area (Å²) in [7, 11) is 3.38. The summed E-state index contributed by atoms with van der Waals surface area (Å²) in [6, 6.07) is 0.751. The second-order valence-electron chi connectivity index (χ2n) is 4.87. The Hall–Kier alpha value is -2.01. The number of aromatic amines is 1. The molecule has 1 amide bonds. The molecule has 1 fully saturated rings. The summed E-state index contributed by atoms with van der Waals surface area (Å²) in [5.41, 5.74) is 0.163. The first kappa shape index (κ1) is 6.83. The standard InChI is InChI=1S/C16H21N3O2/c1-19(2)6-5-12-9-17-15-4-3-11(8-14(12)15)7-13-10-21-16(20)18-13/h3-4,8-9,13,17H,5-7,10H2,1-2H3,(H,18,20)/t13-/m0/s1/i5D2,7D2,10D2,13D/hD2. The molecule has 1 aromatic heterocycles. The van der Waals surface area contributed by atoms with Gasteiger partial charge in [0.25, 0.3) is 0 Å². The second-order valence-corrected chi connectivity index (χ2v) is 4.87. The molecule has 1 saturated heterocycles. The molecule has 0 aliphatic carbocycles. The number of alkyl carbamates (subject to hydrolysis) is 1. The molecule has 5 heteroatoms. The zero-order valence-electron chi connectivity index (χ0n) is 20.7. The van der Waals surface area contributed by atoms with E-state index in [9.17, 15) is 4.79 Å². The van der Waals surface area contributed by atoms with E-state index in [0.29, 0.717) is 0 Å². The monoisotopic (exact) mass is 296 g/mol. The lowest BCUT2D eigenvalue weighted by atomic mass is 10.0. The number of ether oxygens (including phenoxy) is 1. The van der Waals surface area contributed by atoms with E-state index >= 15 is 0 Å². The Bertz CT molecular complexity index is 1010. The molecule has 1 atom stereocenters. The lowest BCUT2D eigenvalue weighted by molar-refractivity contribution is 0.177. The minimum Gasteiger partial charge on any atom is -0.447 e. The zero-order chi connectivity index (χ0) is 22.9. The maximum absolute atomic E-state index is 11.7. The van der Waals surface area contributed by atoms with Gasteiger partial charge in [0.1, 0.15) is 6.56 Å². The fraction of sp³-hybridized carbons (Fsp3) is 0.438. The molecule has 5 nitrogen and oxygen atoms in total. The smallest absolute Gasteiger partial charge is 0.407 e. The lowest BCUT2D eigenvalue weighted by Crippen LogP contribution is -2.28. The van der Waals surface area contributed by atoms with Crippen LogP contribution in [0.1, 0.15) is 20.7 Å². The van der Waals surface area contributed by atoms with Gasteiger partial charge in [-0.1, -0.05) is 6.07 Å². The molecule has 2 aromatic rings. The van der Waals surface area contributed by atoms with Crippen molar-refractivity contribution in [1.29, 1.82) is 0 Å². The average molecular weight is 296 g/mol. The van der Waals surface area contributed by atoms with E-state index in [2.05, 4.69) is 4.74 Å². The minimum absolute atomic E-state index is 0.00297. The molecule has 3 rings (SSSR count). The van der Waals surface area contributed by atoms with Crippen LogP contribution in [0.15, 0.2) is 24.4 Å². The number of carbonyl (C=O) groups excluding carboxylic acids is 1. The number of hydrogen-bond donors (Lipinski definition) is 2. The van der Waals surface area contributed by atoms with Gasteiger partial charge < -0.3 is 19.9 Å². The summed E-state index contributed by atoms with van der Waals surface area (Å²) in [6.07, 6.45) is -5.00. The number of benzene rings is 1. The van der Waals surface area contributed by atoms with Crippen LogP contribution in [0.5, 0.6) is 0 Å². The normalized spacial score (nSPS) is 32.2. The largest absolute Gasteiger partial charge is 0.447 e. The molecule has 1 aromatic carbocycles. The van der Waals surface area contributed by atoms with Crippen LogP contribution in [0.4, 0.5) is 4.79 Å². The maximum Gasteiger partial charge on any atom is 0.407 e. The predicted molar refractivity (Wildman–Crippen MR) is 82.5 cm³/mol. The summed E-state index contributed by atoms with van der Waals surface area (Å²) in [6.45, 7) is -3.12. The van der Waals surface area contributed by atoms with Crippen molar-refractivity contribution in [3.8, 4) is 0 Å². The average Bonchev–Trinajstić information content (AvgIpc) is 3.02. The molecule has 2 heterocycles. The number of H-pyrrole nitrogens is 1. The van der Waals surface area contributed by atoms with Crippen molar-refractivity contribution in [2.75, 3.05) is 27.2 Å². The Kier molecular flexibility index (Phi) is 1.88. The molecule has 0 radical (unpaired) electrons. The number of rotatable bonds is 5. The fourth-order valence-electron chi connectivity index (χ4n) is 1.95. The highest BCUT2D eigenvalue weighted by molar-refractivity contribution is 5.84. The van der Waals surface area contributed by atoms with Gasteiger partial charge in [0.2, 0.25) is 0 Å². The third-order valence-electron chi connectivity index (χ3n) is 2.91. The first-order chi connectivity index (χ1) is 13.6. The molecule has 1 aliphatic heterocycles. The van der Waals surface area contributed by atoms with E-state index in [1.807, 2.05) is 0 Å². The number of nitrogens with one attached hydrogen (secondary N) is 2. The Morgan fingerprint density at radius 3 is 3.19 bits per heavy atom. The molecule has 0 spiro atoms. The maximum atomic E-state index is 11.7. The van der Waals surface area contributed by atoms with E-state index < -0.39 is 31.4 Å². The van der Waals surface area contributed by atoms with Crippen LogP contribution < -0.4 is 5.31 Å². The van der Waals surface area contributed by atoms with Crippen LogP contribution >= 0.6 is 0 Å². The zero-order valence-corrected chi connectivity index (χ0v) is 11.7. The third-order valence-corrected chi connectivity index (χ3v) is 2.91. The van der Waals surface area contributed by atoms with Gasteiger partial charge in [-0.3, -0.25) is 0 Å². The van der Waals surface area contributed by atoms with Crippen molar-refractivity contribution in [3.05, 3.63) is 35.5 Å². The van der Waals surface area contributed by atoms with Gasteiger partial charge in [0.15, 0.2) is 2.82 Å². The van der Waals surface area contributed by atoms with Crippen LogP contribution in [-0.4, -0.2) is 49.2 Å². The summed E-state index contributed by atoms with van der Waals surface area (Å²) in [5, 5.41) is 0.0446. The van der Waals surface area contributed by atoms with Gasteiger partial charge in [0.05, 0.1) is 10.1 Å². The number of fused-ring (bicyclic) bond motifs is 1. The van der Waals surface area contributed by atoms with E-state index in [-0.39, 0.29) is 33.9 Å². The van der Waals surface area contributed by atoms with Crippen molar-refractivity contribution in [1.82, 2.24) is 15.2 Å². The highest BCUT2D eigenvalue weighted by atomic mass is 16.6. The van der Waals surface area contributed by atoms with Gasteiger partial charge >= 0.3 is 6.09 Å². The molecule has 0 bridgehead atoms. The summed E-state index contributed by atoms with van der Waals surface area (Å²) < 4.78 is 77.8. The highest BCUT2D eigenvalue weighted by Crippen LogP contribution is 2.21. The van der Waals surface area contributed by atoms with Crippen LogP contribution in [-0.2, 0) is 17.5 Å². The molecule has 112 valence electrons. The SMILES string of the molecule is [2H]N1C(=O)OC([2H])([2H])[C@]1([2H])C([2H])([2H])c1ccc2c(c1)c(C([2H])([2H])CN(C)C)cn2[2H].